The first-order chi connectivity index (χ1) is 14.0. The topological polar surface area (TPSA) is 118 Å². The molecule has 0 spiro atoms. The van der Waals surface area contributed by atoms with Gasteiger partial charge in [0.15, 0.2) is 0 Å². The maximum Gasteiger partial charge on any atom is 0.338 e. The smallest absolute Gasteiger partial charge is 0.338 e. The van der Waals surface area contributed by atoms with Gasteiger partial charge in [0.25, 0.3) is 0 Å². The van der Waals surface area contributed by atoms with Crippen molar-refractivity contribution < 1.29 is 14.3 Å². The van der Waals surface area contributed by atoms with Crippen LogP contribution in [-0.4, -0.2) is 34.8 Å². The molecule has 2 amide bonds. The van der Waals surface area contributed by atoms with Gasteiger partial charge in [0.05, 0.1) is 30.1 Å². The van der Waals surface area contributed by atoms with Crippen molar-refractivity contribution in [2.75, 3.05) is 12.0 Å². The van der Waals surface area contributed by atoms with E-state index in [0.717, 1.165) is 17.0 Å². The number of hydrogen-bond acceptors (Lipinski definition) is 7. The number of carbonyl (C=O) groups is 2. The molecule has 0 bridgehead atoms. The summed E-state index contributed by atoms with van der Waals surface area (Å²) >= 11 is 0. The van der Waals surface area contributed by atoms with Gasteiger partial charge >= 0.3 is 12.0 Å². The highest BCUT2D eigenvalue weighted by molar-refractivity contribution is 6.02. The standard InChI is InChI=1S/C20H22N6O3/c1-4-29-18(27)16-15(11-21-26-19-22-12(2)10-13(3)23-19)24-20(28)25-17(16)14-8-6-5-7-9-14/h5-11,17H,4H2,1-3H3,(H,22,23,26)(H2,24,25,28)/t17-/m0/s1. The van der Waals surface area contributed by atoms with Gasteiger partial charge in [-0.25, -0.2) is 25.0 Å². The number of urea groups is 1. The Bertz CT molecular complexity index is 951. The molecule has 1 atom stereocenters. The number of rotatable bonds is 6. The SMILES string of the molecule is CCOC(=O)C1=C(C=NNc2nc(C)cc(C)n2)NC(=O)N[C@H]1c1ccccc1. The summed E-state index contributed by atoms with van der Waals surface area (Å²) in [5.74, 6) is -0.227. The minimum atomic E-state index is -0.664. The molecule has 3 N–H and O–H groups in total. The summed E-state index contributed by atoms with van der Waals surface area (Å²) < 4.78 is 5.20. The third kappa shape index (κ3) is 4.95. The van der Waals surface area contributed by atoms with Crippen LogP contribution in [0.15, 0.2) is 52.8 Å². The van der Waals surface area contributed by atoms with Crippen LogP contribution in [0.25, 0.3) is 0 Å². The van der Waals surface area contributed by atoms with Crippen LogP contribution in [0.5, 0.6) is 0 Å². The number of hydrogen-bond donors (Lipinski definition) is 3. The van der Waals surface area contributed by atoms with Crippen molar-refractivity contribution >= 4 is 24.2 Å². The average molecular weight is 394 g/mol. The predicted molar refractivity (Wildman–Crippen MR) is 108 cm³/mol. The maximum absolute atomic E-state index is 12.6. The third-order valence-electron chi connectivity index (χ3n) is 4.07. The van der Waals surface area contributed by atoms with Crippen LogP contribution < -0.4 is 16.1 Å². The van der Waals surface area contributed by atoms with E-state index in [0.29, 0.717) is 5.95 Å². The Balaban J connectivity index is 1.95. The largest absolute Gasteiger partial charge is 0.463 e. The number of hydrazone groups is 1. The molecule has 0 unspecified atom stereocenters. The van der Waals surface area contributed by atoms with Gasteiger partial charge in [-0.2, -0.15) is 5.10 Å². The van der Waals surface area contributed by atoms with E-state index < -0.39 is 18.0 Å². The highest BCUT2D eigenvalue weighted by Gasteiger charge is 2.33. The normalized spacial score (nSPS) is 16.4. The van der Waals surface area contributed by atoms with Gasteiger partial charge in [-0.15, -0.1) is 0 Å². The second kappa shape index (κ2) is 8.96. The molecule has 150 valence electrons. The number of aryl methyl sites for hydroxylation is 2. The number of anilines is 1. The Hall–Kier alpha value is -3.75. The molecule has 1 aliphatic rings. The first kappa shape index (κ1) is 20.0. The van der Waals surface area contributed by atoms with Crippen LogP contribution in [0.1, 0.15) is 29.9 Å². The Kier molecular flexibility index (Phi) is 6.18. The molecular formula is C20H22N6O3. The van der Waals surface area contributed by atoms with Crippen LogP contribution in [0.2, 0.25) is 0 Å². The van der Waals surface area contributed by atoms with E-state index in [1.165, 1.54) is 6.21 Å². The number of aromatic nitrogens is 2. The number of amides is 2. The van der Waals surface area contributed by atoms with Crippen LogP contribution in [0.4, 0.5) is 10.7 Å². The minimum absolute atomic E-state index is 0.205. The van der Waals surface area contributed by atoms with Crippen molar-refractivity contribution in [2.24, 2.45) is 5.10 Å². The summed E-state index contributed by atoms with van der Waals surface area (Å²) in [4.78, 5) is 33.3. The first-order valence-electron chi connectivity index (χ1n) is 9.13. The molecule has 3 rings (SSSR count). The summed E-state index contributed by atoms with van der Waals surface area (Å²) in [6.45, 7) is 5.62. The Morgan fingerprint density at radius 3 is 2.59 bits per heavy atom. The molecule has 0 fully saturated rings. The van der Waals surface area contributed by atoms with E-state index in [9.17, 15) is 9.59 Å². The molecule has 2 heterocycles. The van der Waals surface area contributed by atoms with Crippen molar-refractivity contribution in [3.05, 3.63) is 64.6 Å². The van der Waals surface area contributed by atoms with Gasteiger partial charge in [0.2, 0.25) is 5.95 Å². The first-order valence-corrected chi connectivity index (χ1v) is 9.13. The molecule has 2 aromatic rings. The lowest BCUT2D eigenvalue weighted by molar-refractivity contribution is -0.139. The Morgan fingerprint density at radius 2 is 1.93 bits per heavy atom. The lowest BCUT2D eigenvalue weighted by Gasteiger charge is -2.27. The molecule has 0 radical (unpaired) electrons. The zero-order valence-corrected chi connectivity index (χ0v) is 16.4. The third-order valence-corrected chi connectivity index (χ3v) is 4.07. The lowest BCUT2D eigenvalue weighted by atomic mass is 9.95. The fourth-order valence-corrected chi connectivity index (χ4v) is 2.95. The number of ether oxygens (including phenoxy) is 1. The molecule has 29 heavy (non-hydrogen) atoms. The van der Waals surface area contributed by atoms with E-state index in [4.69, 9.17) is 4.74 Å². The molecular weight excluding hydrogens is 372 g/mol. The molecule has 0 saturated heterocycles. The van der Waals surface area contributed by atoms with Crippen molar-refractivity contribution in [3.63, 3.8) is 0 Å². The zero-order chi connectivity index (χ0) is 20.8. The van der Waals surface area contributed by atoms with E-state index in [1.54, 1.807) is 6.92 Å². The highest BCUT2D eigenvalue weighted by atomic mass is 16.5. The van der Waals surface area contributed by atoms with Gasteiger partial charge < -0.3 is 15.4 Å². The fraction of sp³-hybridized carbons (Fsp3) is 0.250. The molecule has 0 saturated carbocycles. The molecule has 9 heteroatoms. The Morgan fingerprint density at radius 1 is 1.24 bits per heavy atom. The average Bonchev–Trinajstić information content (AvgIpc) is 2.67. The number of benzene rings is 1. The van der Waals surface area contributed by atoms with Crippen LogP contribution in [-0.2, 0) is 9.53 Å². The quantitative estimate of drug-likeness (QED) is 0.393. The van der Waals surface area contributed by atoms with Crippen molar-refractivity contribution in [1.29, 1.82) is 0 Å². The van der Waals surface area contributed by atoms with Crippen molar-refractivity contribution in [2.45, 2.75) is 26.8 Å². The van der Waals surface area contributed by atoms with Gasteiger partial charge in [-0.05, 0) is 32.4 Å². The van der Waals surface area contributed by atoms with Crippen LogP contribution in [0.3, 0.4) is 0 Å². The number of allylic oxidation sites excluding steroid dienone is 1. The monoisotopic (exact) mass is 394 g/mol. The predicted octanol–water partition coefficient (Wildman–Crippen LogP) is 2.36. The van der Waals surface area contributed by atoms with Gasteiger partial charge in [-0.1, -0.05) is 30.3 Å². The van der Waals surface area contributed by atoms with Gasteiger partial charge in [-0.3, -0.25) is 0 Å². The number of carbonyl (C=O) groups excluding carboxylic acids is 2. The molecule has 1 aliphatic heterocycles. The molecule has 0 aliphatic carbocycles. The lowest BCUT2D eigenvalue weighted by Crippen LogP contribution is -2.46. The minimum Gasteiger partial charge on any atom is -0.463 e. The van der Waals surface area contributed by atoms with Crippen molar-refractivity contribution in [1.82, 2.24) is 20.6 Å². The van der Waals surface area contributed by atoms with E-state index in [2.05, 4.69) is 31.1 Å². The molecule has 1 aromatic heterocycles. The summed E-state index contributed by atoms with van der Waals surface area (Å²) in [6, 6.07) is 9.90. The molecule has 1 aromatic carbocycles. The van der Waals surface area contributed by atoms with Gasteiger partial charge in [0, 0.05) is 11.4 Å². The van der Waals surface area contributed by atoms with Gasteiger partial charge in [0.1, 0.15) is 0 Å². The number of nitrogens with one attached hydrogen (secondary N) is 3. The summed E-state index contributed by atoms with van der Waals surface area (Å²) in [5, 5.41) is 9.47. The highest BCUT2D eigenvalue weighted by Crippen LogP contribution is 2.27. The Labute approximate surface area is 168 Å². The fourth-order valence-electron chi connectivity index (χ4n) is 2.95. The van der Waals surface area contributed by atoms with Crippen LogP contribution >= 0.6 is 0 Å². The van der Waals surface area contributed by atoms with E-state index in [-0.39, 0.29) is 17.9 Å². The summed E-state index contributed by atoms with van der Waals surface area (Å²) in [7, 11) is 0. The number of esters is 1. The second-order valence-electron chi connectivity index (χ2n) is 6.33. The summed E-state index contributed by atoms with van der Waals surface area (Å²) in [5.41, 5.74) is 5.55. The second-order valence-corrected chi connectivity index (χ2v) is 6.33. The number of nitrogens with zero attached hydrogens (tertiary/aromatic N) is 3. The van der Waals surface area contributed by atoms with Crippen molar-refractivity contribution in [3.8, 4) is 0 Å². The summed E-state index contributed by atoms with van der Waals surface area (Å²) in [6.07, 6.45) is 1.35. The zero-order valence-electron chi connectivity index (χ0n) is 16.4. The van der Waals surface area contributed by atoms with E-state index >= 15 is 0 Å². The van der Waals surface area contributed by atoms with Crippen LogP contribution in [0, 0.1) is 13.8 Å². The molecule has 9 nitrogen and oxygen atoms in total. The maximum atomic E-state index is 12.6. The van der Waals surface area contributed by atoms with E-state index in [1.807, 2.05) is 50.2 Å².